The second-order valence-corrected chi connectivity index (χ2v) is 5.26. The van der Waals surface area contributed by atoms with Gasteiger partial charge in [-0.2, -0.15) is 0 Å². The lowest BCUT2D eigenvalue weighted by Gasteiger charge is -2.20. The van der Waals surface area contributed by atoms with Crippen molar-refractivity contribution in [2.75, 3.05) is 37.7 Å². The van der Waals surface area contributed by atoms with E-state index in [-0.39, 0.29) is 0 Å². The van der Waals surface area contributed by atoms with Gasteiger partial charge in [-0.25, -0.2) is 0 Å². The SMILES string of the molecule is COc1ccc(OC)c(NC(=S)N2CCSC2)c1. The first kappa shape index (κ1) is 13.3. The highest BCUT2D eigenvalue weighted by atomic mass is 32.2. The van der Waals surface area contributed by atoms with Crippen molar-refractivity contribution in [3.05, 3.63) is 18.2 Å². The molecule has 1 aliphatic rings. The zero-order valence-corrected chi connectivity index (χ0v) is 12.1. The monoisotopic (exact) mass is 284 g/mol. The molecule has 1 aromatic rings. The molecule has 0 spiro atoms. The maximum absolute atomic E-state index is 5.39. The van der Waals surface area contributed by atoms with Crippen LogP contribution in [0.1, 0.15) is 0 Å². The van der Waals surface area contributed by atoms with E-state index in [9.17, 15) is 0 Å². The molecule has 18 heavy (non-hydrogen) atoms. The lowest BCUT2D eigenvalue weighted by molar-refractivity contribution is 0.404. The lowest BCUT2D eigenvalue weighted by Crippen LogP contribution is -2.32. The Labute approximate surface area is 117 Å². The first-order valence-electron chi connectivity index (χ1n) is 5.60. The smallest absolute Gasteiger partial charge is 0.174 e. The number of thiocarbonyl (C=S) groups is 1. The molecule has 1 saturated heterocycles. The van der Waals surface area contributed by atoms with Gasteiger partial charge in [0, 0.05) is 18.4 Å². The van der Waals surface area contributed by atoms with E-state index in [4.69, 9.17) is 21.7 Å². The Balaban J connectivity index is 2.13. The van der Waals surface area contributed by atoms with E-state index < -0.39 is 0 Å². The third-order valence-corrected chi connectivity index (χ3v) is 4.01. The van der Waals surface area contributed by atoms with E-state index in [1.165, 1.54) is 0 Å². The van der Waals surface area contributed by atoms with Crippen LogP contribution in [0.4, 0.5) is 5.69 Å². The molecule has 1 heterocycles. The molecule has 0 radical (unpaired) electrons. The van der Waals surface area contributed by atoms with Gasteiger partial charge in [0.1, 0.15) is 11.5 Å². The van der Waals surface area contributed by atoms with Gasteiger partial charge < -0.3 is 19.7 Å². The normalized spacial score (nSPS) is 14.4. The summed E-state index contributed by atoms with van der Waals surface area (Å²) in [5.41, 5.74) is 0.832. The van der Waals surface area contributed by atoms with Gasteiger partial charge >= 0.3 is 0 Å². The summed E-state index contributed by atoms with van der Waals surface area (Å²) in [6.45, 7) is 0.989. The molecule has 0 aromatic heterocycles. The fourth-order valence-corrected chi connectivity index (χ4v) is 2.98. The zero-order chi connectivity index (χ0) is 13.0. The Hall–Kier alpha value is -1.14. The van der Waals surface area contributed by atoms with Gasteiger partial charge in [0.15, 0.2) is 5.11 Å². The van der Waals surface area contributed by atoms with Gasteiger partial charge in [-0.15, -0.1) is 11.8 Å². The van der Waals surface area contributed by atoms with Crippen LogP contribution in [-0.2, 0) is 0 Å². The van der Waals surface area contributed by atoms with E-state index >= 15 is 0 Å². The molecule has 2 rings (SSSR count). The third kappa shape index (κ3) is 3.00. The fraction of sp³-hybridized carbons (Fsp3) is 0.417. The van der Waals surface area contributed by atoms with E-state index in [1.807, 2.05) is 30.0 Å². The Morgan fingerprint density at radius 3 is 2.83 bits per heavy atom. The molecular formula is C12H16N2O2S2. The van der Waals surface area contributed by atoms with Crippen LogP contribution in [0, 0.1) is 0 Å². The number of rotatable bonds is 3. The minimum Gasteiger partial charge on any atom is -0.497 e. The van der Waals surface area contributed by atoms with Gasteiger partial charge in [0.2, 0.25) is 0 Å². The lowest BCUT2D eigenvalue weighted by atomic mass is 10.2. The van der Waals surface area contributed by atoms with Crippen LogP contribution in [0.15, 0.2) is 18.2 Å². The van der Waals surface area contributed by atoms with Crippen LogP contribution >= 0.6 is 24.0 Å². The summed E-state index contributed by atoms with van der Waals surface area (Å²) in [6.07, 6.45) is 0. The number of nitrogens with one attached hydrogen (secondary N) is 1. The first-order chi connectivity index (χ1) is 8.74. The molecule has 0 amide bonds. The zero-order valence-electron chi connectivity index (χ0n) is 10.4. The predicted octanol–water partition coefficient (Wildman–Crippen LogP) is 2.41. The Morgan fingerprint density at radius 1 is 1.39 bits per heavy atom. The summed E-state index contributed by atoms with van der Waals surface area (Å²) in [5.74, 6) is 3.59. The van der Waals surface area contributed by atoms with Crippen LogP contribution in [0.3, 0.4) is 0 Å². The third-order valence-electron chi connectivity index (χ3n) is 2.69. The predicted molar refractivity (Wildman–Crippen MR) is 79.8 cm³/mol. The molecule has 1 fully saturated rings. The highest BCUT2D eigenvalue weighted by Crippen LogP contribution is 2.29. The largest absolute Gasteiger partial charge is 0.497 e. The Bertz CT molecular complexity index is 434. The molecule has 1 aromatic carbocycles. The van der Waals surface area contributed by atoms with Crippen molar-refractivity contribution in [3.63, 3.8) is 0 Å². The molecule has 4 nitrogen and oxygen atoms in total. The molecule has 0 aliphatic carbocycles. The number of hydrogen-bond donors (Lipinski definition) is 1. The first-order valence-corrected chi connectivity index (χ1v) is 7.16. The van der Waals surface area contributed by atoms with Crippen LogP contribution in [0.25, 0.3) is 0 Å². The van der Waals surface area contributed by atoms with Gasteiger partial charge in [0.05, 0.1) is 25.8 Å². The van der Waals surface area contributed by atoms with Gasteiger partial charge in [-0.3, -0.25) is 0 Å². The average molecular weight is 284 g/mol. The second-order valence-electron chi connectivity index (χ2n) is 3.80. The van der Waals surface area contributed by atoms with Gasteiger partial charge in [-0.05, 0) is 24.4 Å². The van der Waals surface area contributed by atoms with E-state index in [0.717, 1.165) is 40.5 Å². The standard InChI is InChI=1S/C12H16N2O2S2/c1-15-9-3-4-11(16-2)10(7-9)13-12(17)14-5-6-18-8-14/h3-4,7H,5-6,8H2,1-2H3,(H,13,17). The van der Waals surface area contributed by atoms with Crippen LogP contribution in [-0.4, -0.2) is 42.4 Å². The highest BCUT2D eigenvalue weighted by molar-refractivity contribution is 7.99. The fourth-order valence-electron chi connectivity index (χ4n) is 1.68. The number of anilines is 1. The topological polar surface area (TPSA) is 33.7 Å². The summed E-state index contributed by atoms with van der Waals surface area (Å²) in [6, 6.07) is 5.61. The summed E-state index contributed by atoms with van der Waals surface area (Å²) >= 11 is 7.27. The maximum Gasteiger partial charge on any atom is 0.174 e. The van der Waals surface area contributed by atoms with E-state index in [0.29, 0.717) is 0 Å². The van der Waals surface area contributed by atoms with Crippen LogP contribution in [0.5, 0.6) is 11.5 Å². The number of ether oxygens (including phenoxy) is 2. The van der Waals surface area contributed by atoms with Crippen molar-refractivity contribution in [2.45, 2.75) is 0 Å². The summed E-state index contributed by atoms with van der Waals surface area (Å²) in [5, 5.41) is 3.95. The van der Waals surface area contributed by atoms with Crippen molar-refractivity contribution in [1.82, 2.24) is 4.90 Å². The van der Waals surface area contributed by atoms with Crippen molar-refractivity contribution in [2.24, 2.45) is 0 Å². The summed E-state index contributed by atoms with van der Waals surface area (Å²) < 4.78 is 10.5. The summed E-state index contributed by atoms with van der Waals surface area (Å²) in [4.78, 5) is 2.14. The number of methoxy groups -OCH3 is 2. The van der Waals surface area contributed by atoms with Gasteiger partial charge in [-0.1, -0.05) is 0 Å². The molecule has 0 bridgehead atoms. The average Bonchev–Trinajstić information content (AvgIpc) is 2.92. The van der Waals surface area contributed by atoms with Crippen molar-refractivity contribution in [1.29, 1.82) is 0 Å². The van der Waals surface area contributed by atoms with E-state index in [2.05, 4.69) is 10.2 Å². The Kier molecular flexibility index (Phi) is 4.54. The van der Waals surface area contributed by atoms with Crippen LogP contribution in [0.2, 0.25) is 0 Å². The molecule has 1 aliphatic heterocycles. The minimum absolute atomic E-state index is 0.728. The second kappa shape index (κ2) is 6.15. The van der Waals surface area contributed by atoms with E-state index in [1.54, 1.807) is 14.2 Å². The molecule has 6 heteroatoms. The maximum atomic E-state index is 5.39. The quantitative estimate of drug-likeness (QED) is 0.859. The minimum atomic E-state index is 0.728. The number of nitrogens with zero attached hydrogens (tertiary/aromatic N) is 1. The van der Waals surface area contributed by atoms with Crippen molar-refractivity contribution < 1.29 is 9.47 Å². The number of hydrogen-bond acceptors (Lipinski definition) is 4. The molecular weight excluding hydrogens is 268 g/mol. The molecule has 0 unspecified atom stereocenters. The van der Waals surface area contributed by atoms with Crippen molar-refractivity contribution >= 4 is 34.8 Å². The molecule has 1 N–H and O–H groups in total. The molecule has 98 valence electrons. The highest BCUT2D eigenvalue weighted by Gasteiger charge is 2.16. The number of thioether (sulfide) groups is 1. The molecule has 0 saturated carbocycles. The van der Waals surface area contributed by atoms with Gasteiger partial charge in [0.25, 0.3) is 0 Å². The summed E-state index contributed by atoms with van der Waals surface area (Å²) in [7, 11) is 3.28. The van der Waals surface area contributed by atoms with Crippen LogP contribution < -0.4 is 14.8 Å². The van der Waals surface area contributed by atoms with Crippen molar-refractivity contribution in [3.8, 4) is 11.5 Å². The number of benzene rings is 1. The molecule has 0 atom stereocenters. The Morgan fingerprint density at radius 2 is 2.22 bits per heavy atom.